The van der Waals surface area contributed by atoms with E-state index in [1.165, 1.54) is 0 Å². The van der Waals surface area contributed by atoms with Crippen LogP contribution in [0.25, 0.3) is 21.8 Å². The Hall–Kier alpha value is -3.30. The molecule has 0 fully saturated rings. The summed E-state index contributed by atoms with van der Waals surface area (Å²) in [6.07, 6.45) is 4.23. The van der Waals surface area contributed by atoms with Crippen LogP contribution in [0.15, 0.2) is 48.8 Å². The number of nitriles is 1. The maximum absolute atomic E-state index is 9.47. The Balaban J connectivity index is 1.52. The van der Waals surface area contributed by atoms with Crippen LogP contribution in [0.3, 0.4) is 0 Å². The van der Waals surface area contributed by atoms with Gasteiger partial charge in [-0.1, -0.05) is 17.7 Å². The summed E-state index contributed by atoms with van der Waals surface area (Å²) in [5, 5.41) is 19.8. The maximum Gasteiger partial charge on any atom is 0.119 e. The van der Waals surface area contributed by atoms with Gasteiger partial charge in [-0.15, -0.1) is 0 Å². The second-order valence-corrected chi connectivity index (χ2v) is 6.77. The summed E-state index contributed by atoms with van der Waals surface area (Å²) in [4.78, 5) is 4.35. The normalized spacial score (nSPS) is 10.9. The standard InChI is InChI=1S/C21H18ClN5O/c1-28-15-6-7-19-16(10-15)21(14(11-23)12-25-19)24-8-3-9-27-20-5-2-4-18(22)17(20)13-26-27/h2,4-7,10,12-13H,3,8-9H2,1H3,(H,24,25). The predicted molar refractivity (Wildman–Crippen MR) is 111 cm³/mol. The van der Waals surface area contributed by atoms with Crippen molar-refractivity contribution in [3.05, 3.63) is 59.4 Å². The number of methoxy groups -OCH3 is 1. The van der Waals surface area contributed by atoms with Crippen LogP contribution < -0.4 is 10.1 Å². The van der Waals surface area contributed by atoms with Crippen molar-refractivity contribution in [2.75, 3.05) is 19.0 Å². The lowest BCUT2D eigenvalue weighted by Gasteiger charge is -2.12. The molecule has 0 aliphatic rings. The molecule has 4 rings (SSSR count). The van der Waals surface area contributed by atoms with Crippen LogP contribution in [-0.4, -0.2) is 28.4 Å². The van der Waals surface area contributed by atoms with Gasteiger partial charge in [0.2, 0.25) is 0 Å². The van der Waals surface area contributed by atoms with Crippen molar-refractivity contribution in [3.8, 4) is 11.8 Å². The van der Waals surface area contributed by atoms with E-state index in [2.05, 4.69) is 21.5 Å². The van der Waals surface area contributed by atoms with E-state index in [1.54, 1.807) is 19.5 Å². The smallest absolute Gasteiger partial charge is 0.119 e. The third kappa shape index (κ3) is 3.32. The topological polar surface area (TPSA) is 75.8 Å². The first-order valence-corrected chi connectivity index (χ1v) is 9.30. The van der Waals surface area contributed by atoms with E-state index < -0.39 is 0 Å². The summed E-state index contributed by atoms with van der Waals surface area (Å²) in [5.41, 5.74) is 3.12. The fourth-order valence-electron chi connectivity index (χ4n) is 3.26. The summed E-state index contributed by atoms with van der Waals surface area (Å²) in [7, 11) is 1.62. The Morgan fingerprint density at radius 2 is 2.11 bits per heavy atom. The minimum atomic E-state index is 0.511. The number of hydrogen-bond acceptors (Lipinski definition) is 5. The summed E-state index contributed by atoms with van der Waals surface area (Å²) in [5.74, 6) is 0.729. The Morgan fingerprint density at radius 1 is 1.21 bits per heavy atom. The molecule has 0 bridgehead atoms. The van der Waals surface area contributed by atoms with Crippen LogP contribution in [0, 0.1) is 11.3 Å². The van der Waals surface area contributed by atoms with Gasteiger partial charge in [0.1, 0.15) is 11.8 Å². The fourth-order valence-corrected chi connectivity index (χ4v) is 3.48. The van der Waals surface area contributed by atoms with E-state index >= 15 is 0 Å². The molecule has 0 aliphatic heterocycles. The van der Waals surface area contributed by atoms with Crippen molar-refractivity contribution in [1.29, 1.82) is 5.26 Å². The minimum Gasteiger partial charge on any atom is -0.497 e. The molecule has 4 aromatic rings. The summed E-state index contributed by atoms with van der Waals surface area (Å²) >= 11 is 6.21. The SMILES string of the molecule is COc1ccc2ncc(C#N)c(NCCCn3ncc4c(Cl)cccc43)c2c1. The molecular formula is C21H18ClN5O. The lowest BCUT2D eigenvalue weighted by atomic mass is 10.1. The van der Waals surface area contributed by atoms with Crippen LogP contribution in [0.2, 0.25) is 5.02 Å². The summed E-state index contributed by atoms with van der Waals surface area (Å²) in [6.45, 7) is 1.43. The Morgan fingerprint density at radius 3 is 2.93 bits per heavy atom. The van der Waals surface area contributed by atoms with E-state index in [-0.39, 0.29) is 0 Å². The van der Waals surface area contributed by atoms with E-state index in [0.29, 0.717) is 17.1 Å². The highest BCUT2D eigenvalue weighted by molar-refractivity contribution is 6.35. The molecule has 0 atom stereocenters. The van der Waals surface area contributed by atoms with Crippen molar-refractivity contribution in [1.82, 2.24) is 14.8 Å². The minimum absolute atomic E-state index is 0.511. The van der Waals surface area contributed by atoms with Crippen molar-refractivity contribution in [2.24, 2.45) is 0 Å². The average Bonchev–Trinajstić information content (AvgIpc) is 3.15. The van der Waals surface area contributed by atoms with Gasteiger partial charge in [-0.05, 0) is 36.8 Å². The molecule has 7 heteroatoms. The number of fused-ring (bicyclic) bond motifs is 2. The molecule has 0 aliphatic carbocycles. The van der Waals surface area contributed by atoms with Crippen molar-refractivity contribution >= 4 is 39.1 Å². The molecule has 140 valence electrons. The number of hydrogen-bond donors (Lipinski definition) is 1. The Bertz CT molecular complexity index is 1190. The van der Waals surface area contributed by atoms with Crippen molar-refractivity contribution in [2.45, 2.75) is 13.0 Å². The fraction of sp³-hybridized carbons (Fsp3) is 0.190. The molecule has 1 N–H and O–H groups in total. The zero-order valence-electron chi connectivity index (χ0n) is 15.3. The number of nitrogens with one attached hydrogen (secondary N) is 1. The maximum atomic E-state index is 9.47. The van der Waals surface area contributed by atoms with Gasteiger partial charge in [-0.25, -0.2) is 0 Å². The lowest BCUT2D eigenvalue weighted by Crippen LogP contribution is -2.09. The van der Waals surface area contributed by atoms with E-state index in [4.69, 9.17) is 16.3 Å². The van der Waals surface area contributed by atoms with Crippen LogP contribution in [-0.2, 0) is 6.54 Å². The lowest BCUT2D eigenvalue weighted by molar-refractivity contribution is 0.415. The highest BCUT2D eigenvalue weighted by atomic mass is 35.5. The zero-order valence-corrected chi connectivity index (χ0v) is 16.1. The van der Waals surface area contributed by atoms with Crippen LogP contribution in [0.5, 0.6) is 5.75 Å². The molecule has 0 amide bonds. The number of anilines is 1. The van der Waals surface area contributed by atoms with Crippen molar-refractivity contribution in [3.63, 3.8) is 0 Å². The van der Waals surface area contributed by atoms with Crippen LogP contribution in [0.1, 0.15) is 12.0 Å². The summed E-state index contributed by atoms with van der Waals surface area (Å²) in [6, 6.07) is 13.7. The van der Waals surface area contributed by atoms with Gasteiger partial charge >= 0.3 is 0 Å². The number of ether oxygens (including phenoxy) is 1. The quantitative estimate of drug-likeness (QED) is 0.485. The van der Waals surface area contributed by atoms with Crippen molar-refractivity contribution < 1.29 is 4.74 Å². The number of aromatic nitrogens is 3. The molecule has 0 unspecified atom stereocenters. The number of benzene rings is 2. The molecule has 28 heavy (non-hydrogen) atoms. The second-order valence-electron chi connectivity index (χ2n) is 6.36. The highest BCUT2D eigenvalue weighted by Crippen LogP contribution is 2.29. The first kappa shape index (κ1) is 18.1. The molecule has 0 saturated carbocycles. The zero-order chi connectivity index (χ0) is 19.5. The third-order valence-electron chi connectivity index (χ3n) is 4.68. The molecule has 0 radical (unpaired) electrons. The number of aryl methyl sites for hydroxylation is 1. The van der Waals surface area contributed by atoms with Gasteiger partial charge in [-0.3, -0.25) is 9.67 Å². The summed E-state index contributed by atoms with van der Waals surface area (Å²) < 4.78 is 7.26. The molecule has 2 aromatic heterocycles. The van der Waals surface area contributed by atoms with E-state index in [9.17, 15) is 5.26 Å². The number of nitrogens with zero attached hydrogens (tertiary/aromatic N) is 4. The number of halogens is 1. The van der Waals surface area contributed by atoms with Crippen LogP contribution in [0.4, 0.5) is 5.69 Å². The predicted octanol–water partition coefficient (Wildman–Crippen LogP) is 4.62. The van der Waals surface area contributed by atoms with Crippen LogP contribution >= 0.6 is 11.6 Å². The second kappa shape index (κ2) is 7.75. The average molecular weight is 392 g/mol. The van der Waals surface area contributed by atoms with Gasteiger partial charge in [0.25, 0.3) is 0 Å². The number of rotatable bonds is 6. The highest BCUT2D eigenvalue weighted by Gasteiger charge is 2.10. The third-order valence-corrected chi connectivity index (χ3v) is 5.01. The van der Waals surface area contributed by atoms with Gasteiger partial charge in [0.05, 0.1) is 40.6 Å². The van der Waals surface area contributed by atoms with E-state index in [1.807, 2.05) is 41.1 Å². The Labute approximate surface area is 167 Å². The monoisotopic (exact) mass is 391 g/mol. The largest absolute Gasteiger partial charge is 0.497 e. The van der Waals surface area contributed by atoms with Gasteiger partial charge in [-0.2, -0.15) is 10.4 Å². The number of pyridine rings is 1. The van der Waals surface area contributed by atoms with E-state index in [0.717, 1.165) is 46.2 Å². The molecule has 0 saturated heterocycles. The first-order valence-electron chi connectivity index (χ1n) is 8.92. The van der Waals surface area contributed by atoms with Gasteiger partial charge < -0.3 is 10.1 Å². The molecule has 2 aromatic carbocycles. The molecular weight excluding hydrogens is 374 g/mol. The molecule has 6 nitrogen and oxygen atoms in total. The van der Waals surface area contributed by atoms with Gasteiger partial charge in [0.15, 0.2) is 0 Å². The Kier molecular flexibility index (Phi) is 5.00. The van der Waals surface area contributed by atoms with Gasteiger partial charge in [0, 0.05) is 30.1 Å². The first-order chi connectivity index (χ1) is 13.7. The molecule has 0 spiro atoms. The molecule has 2 heterocycles.